The third-order valence-electron chi connectivity index (χ3n) is 6.24. The van der Waals surface area contributed by atoms with Gasteiger partial charge in [0, 0.05) is 37.4 Å². The van der Waals surface area contributed by atoms with Gasteiger partial charge in [0.2, 0.25) is 5.91 Å². The number of carbonyl (C=O) groups is 1. The van der Waals surface area contributed by atoms with E-state index in [-0.39, 0.29) is 5.92 Å². The average molecular weight is 394 g/mol. The lowest BCUT2D eigenvalue weighted by Gasteiger charge is -2.32. The molecule has 0 radical (unpaired) electrons. The van der Waals surface area contributed by atoms with Gasteiger partial charge in [-0.05, 0) is 24.0 Å². The van der Waals surface area contributed by atoms with Gasteiger partial charge in [0.05, 0.1) is 13.1 Å². The van der Waals surface area contributed by atoms with E-state index in [1.807, 2.05) is 6.07 Å². The number of carbonyl (C=O) groups excluding carboxylic acids is 1. The molecule has 0 spiro atoms. The van der Waals surface area contributed by atoms with Crippen LogP contribution in [-0.2, 0) is 24.3 Å². The minimum atomic E-state index is 0.196. The van der Waals surface area contributed by atoms with Crippen LogP contribution < -0.4 is 4.90 Å². The second-order valence-corrected chi connectivity index (χ2v) is 8.47. The maximum absolute atomic E-state index is 13.3. The highest BCUT2D eigenvalue weighted by molar-refractivity contribution is 5.78. The van der Waals surface area contributed by atoms with Crippen molar-refractivity contribution in [1.29, 1.82) is 0 Å². The third-order valence-corrected chi connectivity index (χ3v) is 6.24. The number of benzene rings is 2. The zero-order valence-electron chi connectivity index (χ0n) is 18.2. The number of piperidine rings is 1. The fraction of sp³-hybridized carbons (Fsp3) is 0.500. The number of nitrogens with one attached hydrogen (secondary N) is 1. The summed E-state index contributed by atoms with van der Waals surface area (Å²) in [5.41, 5.74) is 4.05. The smallest absolute Gasteiger partial charge is 0.226 e. The first kappa shape index (κ1) is 21.6. The molecule has 29 heavy (non-hydrogen) atoms. The summed E-state index contributed by atoms with van der Waals surface area (Å²) in [4.78, 5) is 17.0. The number of unbranched alkanes of at least 4 members (excludes halogenated alkanes) is 1. The van der Waals surface area contributed by atoms with Gasteiger partial charge in [-0.15, -0.1) is 0 Å². The van der Waals surface area contributed by atoms with Gasteiger partial charge in [-0.2, -0.15) is 0 Å². The predicted molar refractivity (Wildman–Crippen MR) is 120 cm³/mol. The molecule has 1 fully saturated rings. The minimum absolute atomic E-state index is 0.196. The van der Waals surface area contributed by atoms with Gasteiger partial charge in [-0.1, -0.05) is 74.9 Å². The van der Waals surface area contributed by atoms with Crippen molar-refractivity contribution in [2.45, 2.75) is 59.0 Å². The molecule has 2 aromatic carbocycles. The Balaban J connectivity index is 1.53. The zero-order valence-corrected chi connectivity index (χ0v) is 18.2. The summed E-state index contributed by atoms with van der Waals surface area (Å²) in [5.74, 6) is 0.565. The van der Waals surface area contributed by atoms with Gasteiger partial charge < -0.3 is 9.80 Å². The highest BCUT2D eigenvalue weighted by Crippen LogP contribution is 2.17. The molecular weight excluding hydrogens is 356 g/mol. The lowest BCUT2D eigenvalue weighted by molar-refractivity contribution is -0.919. The van der Waals surface area contributed by atoms with Crippen LogP contribution >= 0.6 is 0 Å². The van der Waals surface area contributed by atoms with E-state index in [2.05, 4.69) is 67.3 Å². The molecule has 1 N–H and O–H groups in total. The molecule has 0 atom stereocenters. The van der Waals surface area contributed by atoms with Crippen LogP contribution in [-0.4, -0.2) is 30.4 Å². The first-order chi connectivity index (χ1) is 14.2. The largest absolute Gasteiger partial charge is 0.338 e. The van der Waals surface area contributed by atoms with E-state index in [0.717, 1.165) is 64.8 Å². The number of quaternary nitrogens is 1. The van der Waals surface area contributed by atoms with Crippen LogP contribution in [0.25, 0.3) is 0 Å². The second kappa shape index (κ2) is 11.2. The Hall–Kier alpha value is -2.13. The molecule has 1 aliphatic rings. The molecule has 0 bridgehead atoms. The van der Waals surface area contributed by atoms with Crippen LogP contribution in [0.4, 0.5) is 0 Å². The Kier molecular flexibility index (Phi) is 8.30. The number of hydrogen-bond acceptors (Lipinski definition) is 1. The first-order valence-corrected chi connectivity index (χ1v) is 11.4. The average Bonchev–Trinajstić information content (AvgIpc) is 2.78. The van der Waals surface area contributed by atoms with Crippen LogP contribution in [0, 0.1) is 5.92 Å². The summed E-state index contributed by atoms with van der Waals surface area (Å²) < 4.78 is 0. The SMILES string of the molecule is CCCCN(Cc1ccccc1)C(=O)C1CC[NH+](Cc2ccc(CC)cc2)CC1. The van der Waals surface area contributed by atoms with Crippen LogP contribution in [0.3, 0.4) is 0 Å². The second-order valence-electron chi connectivity index (χ2n) is 8.47. The van der Waals surface area contributed by atoms with Crippen molar-refractivity contribution in [2.75, 3.05) is 19.6 Å². The maximum Gasteiger partial charge on any atom is 0.226 e. The molecule has 1 amide bonds. The monoisotopic (exact) mass is 393 g/mol. The molecule has 1 heterocycles. The van der Waals surface area contributed by atoms with Crippen molar-refractivity contribution in [3.05, 3.63) is 71.3 Å². The van der Waals surface area contributed by atoms with Crippen molar-refractivity contribution in [2.24, 2.45) is 5.92 Å². The van der Waals surface area contributed by atoms with Gasteiger partial charge >= 0.3 is 0 Å². The van der Waals surface area contributed by atoms with Gasteiger partial charge in [0.25, 0.3) is 0 Å². The van der Waals surface area contributed by atoms with E-state index in [4.69, 9.17) is 0 Å². The van der Waals surface area contributed by atoms with E-state index in [1.165, 1.54) is 16.7 Å². The molecule has 156 valence electrons. The Morgan fingerprint density at radius 2 is 1.59 bits per heavy atom. The lowest BCUT2D eigenvalue weighted by atomic mass is 9.94. The molecule has 3 heteroatoms. The normalized spacial score (nSPS) is 19.1. The molecule has 3 nitrogen and oxygen atoms in total. The molecular formula is C26H37N2O+. The minimum Gasteiger partial charge on any atom is -0.338 e. The first-order valence-electron chi connectivity index (χ1n) is 11.4. The zero-order chi connectivity index (χ0) is 20.5. The summed E-state index contributed by atoms with van der Waals surface area (Å²) >= 11 is 0. The summed E-state index contributed by atoms with van der Waals surface area (Å²) in [7, 11) is 0. The van der Waals surface area contributed by atoms with Gasteiger partial charge in [-0.25, -0.2) is 0 Å². The standard InChI is InChI=1S/C26H36N2O/c1-3-5-17-28(21-23-9-7-6-8-10-23)26(29)25-15-18-27(19-16-25)20-24-13-11-22(4-2)12-14-24/h6-14,25H,3-5,15-21H2,1-2H3/p+1. The lowest BCUT2D eigenvalue weighted by Crippen LogP contribution is -3.11. The number of likely N-dealkylation sites (tertiary alicyclic amines) is 1. The quantitative estimate of drug-likeness (QED) is 0.687. The van der Waals surface area contributed by atoms with Gasteiger partial charge in [0.15, 0.2) is 0 Å². The number of aryl methyl sites for hydroxylation is 1. The fourth-order valence-electron chi connectivity index (χ4n) is 4.31. The van der Waals surface area contributed by atoms with E-state index >= 15 is 0 Å². The molecule has 2 aromatic rings. The Morgan fingerprint density at radius 1 is 0.931 bits per heavy atom. The van der Waals surface area contributed by atoms with Crippen LogP contribution in [0.1, 0.15) is 56.2 Å². The van der Waals surface area contributed by atoms with Crippen molar-refractivity contribution < 1.29 is 9.69 Å². The maximum atomic E-state index is 13.3. The molecule has 1 aliphatic heterocycles. The predicted octanol–water partition coefficient (Wildman–Crippen LogP) is 3.87. The molecule has 3 rings (SSSR count). The Morgan fingerprint density at radius 3 is 2.21 bits per heavy atom. The highest BCUT2D eigenvalue weighted by Gasteiger charge is 2.30. The molecule has 1 saturated heterocycles. The summed E-state index contributed by atoms with van der Waals surface area (Å²) in [5, 5.41) is 0. The van der Waals surface area contributed by atoms with Crippen LogP contribution in [0.2, 0.25) is 0 Å². The summed E-state index contributed by atoms with van der Waals surface area (Å²) in [6.45, 7) is 9.29. The van der Waals surface area contributed by atoms with E-state index in [0.29, 0.717) is 5.91 Å². The molecule has 0 unspecified atom stereocenters. The molecule has 0 aromatic heterocycles. The highest BCUT2D eigenvalue weighted by atomic mass is 16.2. The van der Waals surface area contributed by atoms with Gasteiger partial charge in [0.1, 0.15) is 6.54 Å². The number of amides is 1. The van der Waals surface area contributed by atoms with Crippen LogP contribution in [0.5, 0.6) is 0 Å². The van der Waals surface area contributed by atoms with Crippen LogP contribution in [0.15, 0.2) is 54.6 Å². The van der Waals surface area contributed by atoms with E-state index < -0.39 is 0 Å². The summed E-state index contributed by atoms with van der Waals surface area (Å²) in [6.07, 6.45) is 5.32. The van der Waals surface area contributed by atoms with E-state index in [9.17, 15) is 4.79 Å². The third kappa shape index (κ3) is 6.43. The van der Waals surface area contributed by atoms with Crippen molar-refractivity contribution in [1.82, 2.24) is 4.90 Å². The fourth-order valence-corrected chi connectivity index (χ4v) is 4.31. The molecule has 0 aliphatic carbocycles. The number of nitrogens with zero attached hydrogens (tertiary/aromatic N) is 1. The Labute approximate surface area is 176 Å². The van der Waals surface area contributed by atoms with Crippen molar-refractivity contribution >= 4 is 5.91 Å². The van der Waals surface area contributed by atoms with Crippen molar-refractivity contribution in [3.8, 4) is 0 Å². The molecule has 0 saturated carbocycles. The van der Waals surface area contributed by atoms with Gasteiger partial charge in [-0.3, -0.25) is 4.79 Å². The number of hydrogen-bond donors (Lipinski definition) is 1. The Bertz CT molecular complexity index is 733. The van der Waals surface area contributed by atoms with E-state index in [1.54, 1.807) is 4.90 Å². The summed E-state index contributed by atoms with van der Waals surface area (Å²) in [6, 6.07) is 19.5. The van der Waals surface area contributed by atoms with Crippen molar-refractivity contribution in [3.63, 3.8) is 0 Å². The number of rotatable bonds is 9. The topological polar surface area (TPSA) is 24.8 Å².